The van der Waals surface area contributed by atoms with Crippen molar-refractivity contribution < 1.29 is 38.6 Å². The molecule has 0 amide bonds. The van der Waals surface area contributed by atoms with E-state index in [-0.39, 0.29) is 0 Å². The van der Waals surface area contributed by atoms with Crippen molar-refractivity contribution in [1.29, 1.82) is 0 Å². The maximum Gasteiger partial charge on any atom is 0.167 e. The quantitative estimate of drug-likeness (QED) is 0.0759. The Labute approximate surface area is 280 Å². The van der Waals surface area contributed by atoms with Crippen molar-refractivity contribution in [3.8, 4) is 0 Å². The topological polar surface area (TPSA) is 177 Å². The van der Waals surface area contributed by atoms with E-state index in [0.29, 0.717) is 89.3 Å². The molecule has 15 heteroatoms. The van der Waals surface area contributed by atoms with Crippen molar-refractivity contribution in [2.45, 2.75) is 69.5 Å². The van der Waals surface area contributed by atoms with Crippen LogP contribution in [0.5, 0.6) is 0 Å². The Balaban J connectivity index is 1.17. The molecule has 0 spiro atoms. The van der Waals surface area contributed by atoms with Crippen LogP contribution in [0.3, 0.4) is 0 Å². The summed E-state index contributed by atoms with van der Waals surface area (Å²) in [6.45, 7) is 11.2. The smallest absolute Gasteiger partial charge is 0.167 e. The number of nitrogens with zero attached hydrogens (tertiary/aromatic N) is 4. The predicted octanol–water partition coefficient (Wildman–Crippen LogP) is 2.34. The van der Waals surface area contributed by atoms with Gasteiger partial charge in [0.15, 0.2) is 23.2 Å². The van der Waals surface area contributed by atoms with E-state index in [1.165, 1.54) is 6.33 Å². The fourth-order valence-corrected chi connectivity index (χ4v) is 5.92. The number of hydrogen-bond acceptors (Lipinski definition) is 13. The fraction of sp³-hybridized carbons (Fsp3) is 0.812. The summed E-state index contributed by atoms with van der Waals surface area (Å²) in [4.78, 5) is 13.2. The van der Waals surface area contributed by atoms with E-state index >= 15 is 0 Å². The van der Waals surface area contributed by atoms with Crippen LogP contribution in [0.4, 0.5) is 5.82 Å². The molecule has 14 nitrogen and oxygen atoms in total. The minimum atomic E-state index is -1.27. The molecule has 1 aliphatic rings. The largest absolute Gasteiger partial charge is 0.388 e. The summed E-state index contributed by atoms with van der Waals surface area (Å²) < 4.78 is 35.8. The normalized spacial score (nSPS) is 20.0. The Bertz CT molecular complexity index is 1150. The number of rotatable bonds is 28. The van der Waals surface area contributed by atoms with E-state index in [9.17, 15) is 10.2 Å². The Kier molecular flexibility index (Phi) is 19.3. The van der Waals surface area contributed by atoms with Crippen LogP contribution >= 0.6 is 6.89 Å². The highest BCUT2D eigenvalue weighted by molar-refractivity contribution is 7.72. The third-order valence-corrected chi connectivity index (χ3v) is 9.02. The van der Waals surface area contributed by atoms with Crippen molar-refractivity contribution in [2.75, 3.05) is 104 Å². The molecule has 0 bridgehead atoms. The molecule has 47 heavy (non-hydrogen) atoms. The summed E-state index contributed by atoms with van der Waals surface area (Å²) in [6, 6.07) is 0. The lowest BCUT2D eigenvalue weighted by Crippen LogP contribution is -2.31. The van der Waals surface area contributed by atoms with Crippen LogP contribution in [0.25, 0.3) is 11.2 Å². The van der Waals surface area contributed by atoms with Crippen molar-refractivity contribution in [3.05, 3.63) is 12.7 Å². The third-order valence-electron chi connectivity index (χ3n) is 7.55. The molecule has 3 heterocycles. The summed E-state index contributed by atoms with van der Waals surface area (Å²) >= 11 is 0. The van der Waals surface area contributed by atoms with Crippen LogP contribution in [0.2, 0.25) is 0 Å². The van der Waals surface area contributed by atoms with Crippen molar-refractivity contribution in [2.24, 2.45) is 5.73 Å². The number of nitrogens with one attached hydrogen (secondary N) is 1. The van der Waals surface area contributed by atoms with E-state index < -0.39 is 31.4 Å². The second-order valence-corrected chi connectivity index (χ2v) is 16.8. The minimum Gasteiger partial charge on any atom is -0.388 e. The molecular weight excluding hydrogens is 627 g/mol. The van der Waals surface area contributed by atoms with Gasteiger partial charge in [0, 0.05) is 72.6 Å². The van der Waals surface area contributed by atoms with Crippen LogP contribution < -0.4 is 11.1 Å². The second kappa shape index (κ2) is 22.8. The van der Waals surface area contributed by atoms with Gasteiger partial charge in [0.05, 0.1) is 12.4 Å². The molecule has 270 valence electrons. The molecule has 0 radical (unpaired) electrons. The third kappa shape index (κ3) is 15.2. The lowest BCUT2D eigenvalue weighted by atomic mass is 10.1. The van der Waals surface area contributed by atoms with Crippen LogP contribution in [-0.4, -0.2) is 153 Å². The van der Waals surface area contributed by atoms with E-state index in [0.717, 1.165) is 57.9 Å². The Morgan fingerprint density at radius 3 is 1.87 bits per heavy atom. The van der Waals surface area contributed by atoms with E-state index in [1.807, 2.05) is 0 Å². The molecule has 2 aromatic rings. The van der Waals surface area contributed by atoms with Crippen molar-refractivity contribution in [3.63, 3.8) is 0 Å². The van der Waals surface area contributed by atoms with Gasteiger partial charge in [-0.25, -0.2) is 15.0 Å². The summed E-state index contributed by atoms with van der Waals surface area (Å²) in [5, 5.41) is 24.6. The molecule has 0 saturated carbocycles. The van der Waals surface area contributed by atoms with Gasteiger partial charge in [0.25, 0.3) is 0 Å². The Hall–Kier alpha value is -1.71. The Morgan fingerprint density at radius 2 is 1.34 bits per heavy atom. The molecule has 4 atom stereocenters. The molecule has 0 aliphatic carbocycles. The van der Waals surface area contributed by atoms with E-state index in [2.05, 4.69) is 39.9 Å². The molecule has 1 aliphatic heterocycles. The van der Waals surface area contributed by atoms with Gasteiger partial charge in [-0.1, -0.05) is 0 Å². The summed E-state index contributed by atoms with van der Waals surface area (Å²) in [7, 11) is 0. The van der Waals surface area contributed by atoms with Crippen molar-refractivity contribution >= 4 is 30.2 Å². The predicted molar refractivity (Wildman–Crippen MR) is 186 cm³/mol. The monoisotopic (exact) mass is 686 g/mol. The number of fused-ring (bicyclic) bond motifs is 1. The zero-order valence-electron chi connectivity index (χ0n) is 28.5. The molecule has 5 N–H and O–H groups in total. The number of anilines is 1. The van der Waals surface area contributed by atoms with E-state index in [4.69, 9.17) is 34.2 Å². The van der Waals surface area contributed by atoms with Crippen LogP contribution in [0.1, 0.15) is 51.2 Å². The first-order valence-corrected chi connectivity index (χ1v) is 20.1. The van der Waals surface area contributed by atoms with Crippen molar-refractivity contribution in [1.82, 2.24) is 19.5 Å². The second-order valence-electron chi connectivity index (χ2n) is 12.4. The maximum atomic E-state index is 10.7. The molecule has 2 aromatic heterocycles. The zero-order chi connectivity index (χ0) is 33.7. The van der Waals surface area contributed by atoms with Gasteiger partial charge < -0.3 is 49.7 Å². The van der Waals surface area contributed by atoms with Gasteiger partial charge in [-0.05, 0) is 71.0 Å². The fourth-order valence-electron chi connectivity index (χ4n) is 4.97. The van der Waals surface area contributed by atoms with Crippen LogP contribution in [0.15, 0.2) is 12.7 Å². The number of aliphatic hydroxyl groups excluding tert-OH is 2. The summed E-state index contributed by atoms with van der Waals surface area (Å²) in [6.07, 6.45) is 10.7. The number of imidazole rings is 1. The number of hydrogen-bond donors (Lipinski definition) is 4. The number of aliphatic hydroxyl groups is 2. The highest BCUT2D eigenvalue weighted by atomic mass is 31.2. The molecule has 1 fully saturated rings. The zero-order valence-corrected chi connectivity index (χ0v) is 29.4. The highest BCUT2D eigenvalue weighted by Gasteiger charge is 2.44. The molecule has 0 aromatic carbocycles. The first-order chi connectivity index (χ1) is 22.8. The van der Waals surface area contributed by atoms with Gasteiger partial charge >= 0.3 is 0 Å². The van der Waals surface area contributed by atoms with Crippen LogP contribution in [-0.2, 0) is 28.4 Å². The number of ether oxygens (including phenoxy) is 6. The van der Waals surface area contributed by atoms with Crippen LogP contribution in [0, 0.1) is 0 Å². The SMILES string of the molecule is C=P(C)(C)CC[C@H]1O[C@@H](n2cnc3c(NCCCOCCCOCCCOCCCOCCCOCCCN)ncnc32)[C@H](O)[C@@H]1O. The Morgan fingerprint density at radius 1 is 0.809 bits per heavy atom. The number of nitrogens with two attached hydrogens (primary N) is 1. The molecule has 1 saturated heterocycles. The average molecular weight is 687 g/mol. The van der Waals surface area contributed by atoms with Gasteiger partial charge in [-0.2, -0.15) is 0 Å². The average Bonchev–Trinajstić information content (AvgIpc) is 3.60. The van der Waals surface area contributed by atoms with Gasteiger partial charge in [0.1, 0.15) is 18.5 Å². The minimum absolute atomic E-state index is 0.464. The van der Waals surface area contributed by atoms with Gasteiger partial charge in [-0.15, -0.1) is 13.2 Å². The molecule has 0 unspecified atom stereocenters. The maximum absolute atomic E-state index is 10.7. The first kappa shape index (κ1) is 39.7. The number of aromatic nitrogens is 4. The molecular formula is C32H59N6O8P. The summed E-state index contributed by atoms with van der Waals surface area (Å²) in [5.74, 6) is 0.600. The first-order valence-electron chi connectivity index (χ1n) is 17.0. The highest BCUT2D eigenvalue weighted by Crippen LogP contribution is 2.40. The lowest BCUT2D eigenvalue weighted by Gasteiger charge is -2.18. The lowest BCUT2D eigenvalue weighted by molar-refractivity contribution is -0.0353. The van der Waals surface area contributed by atoms with Gasteiger partial charge in [-0.3, -0.25) is 4.57 Å². The molecule has 3 rings (SSSR count). The van der Waals surface area contributed by atoms with E-state index in [1.54, 1.807) is 10.9 Å². The standard InChI is InChI=1S/C32H59N6O8P/c1-47(2,3)23-10-26-28(39)29(40)32(46-26)38-25-37-27-30(35-24-36-31(27)38)34-12-5-14-42-16-7-18-44-20-9-22-45-21-8-19-43-17-6-15-41-13-4-11-33/h24-26,28-29,32,39-40H,1,4-23,33H2,2-3H3,(H,34,35,36)/t26-,28-,29-,32-/m1/s1. The van der Waals surface area contributed by atoms with Gasteiger partial charge in [0.2, 0.25) is 0 Å². The summed E-state index contributed by atoms with van der Waals surface area (Å²) in [5.41, 5.74) is 6.53.